The van der Waals surface area contributed by atoms with Gasteiger partial charge in [0.25, 0.3) is 0 Å². The maximum atomic E-state index is 5.74. The van der Waals surface area contributed by atoms with E-state index in [4.69, 9.17) is 1.37 Å². The summed E-state index contributed by atoms with van der Waals surface area (Å²) >= 11 is 0. The lowest BCUT2D eigenvalue weighted by atomic mass is 11.0. The van der Waals surface area contributed by atoms with E-state index >= 15 is 0 Å². The van der Waals surface area contributed by atoms with Crippen LogP contribution in [0.15, 0.2) is 0 Å². The molecule has 0 aromatic rings. The lowest BCUT2D eigenvalue weighted by Crippen LogP contribution is -0.856. The van der Waals surface area contributed by atoms with Gasteiger partial charge >= 0.3 is 0 Å². The van der Waals surface area contributed by atoms with Crippen molar-refractivity contribution in [3.05, 3.63) is 0 Å². The number of hydrogen-bond acceptors (Lipinski definition) is 0. The van der Waals surface area contributed by atoms with Crippen molar-refractivity contribution in [3.63, 3.8) is 0 Å². The first-order chi connectivity index (χ1) is 2.41. The molecular formula is C5H12. The lowest BCUT2D eigenvalue weighted by Gasteiger charge is -1.07. The molecule has 0 aliphatic rings. The van der Waals surface area contributed by atoms with Gasteiger partial charge in [-0.1, -0.05) is 21.3 Å². The molecule has 0 saturated carbocycles. The Morgan fingerprint density at radius 3 is 1.60 bits per heavy atom. The summed E-state index contributed by atoms with van der Waals surface area (Å²) in [6.07, 6.45) is 5.76. The second kappa shape index (κ2) is 121. The van der Waals surface area contributed by atoms with Gasteiger partial charge in [-0.05, 0) is 0 Å². The summed E-state index contributed by atoms with van der Waals surface area (Å²) in [5, 5.41) is 0. The van der Waals surface area contributed by atoms with Gasteiger partial charge in [0.05, 0.1) is 0 Å². The summed E-state index contributed by atoms with van der Waals surface area (Å²) in [7, 11) is 0. The highest BCUT2D eigenvalue weighted by molar-refractivity contribution is 4.47. The van der Waals surface area contributed by atoms with Crippen molar-refractivity contribution < 1.29 is 1.37 Å². The van der Waals surface area contributed by atoms with E-state index in [0.29, 0.717) is 0 Å². The molecule has 0 aromatic carbocycles. The predicted molar refractivity (Wildman–Crippen MR) is 28.0 cm³/mol. The molecule has 0 aromatic heterocycles. The standard InChI is InChI=1S/C2H6.C2H2.CH4/c2*1-2;/h1-2H3;1-2H;1H4/i;1D;. The van der Waals surface area contributed by atoms with E-state index < -0.39 is 0 Å². The normalized spacial score (nSPS) is 3.00. The first-order valence-electron chi connectivity index (χ1n) is 1.79. The molecule has 0 rings (SSSR count). The molecule has 0 spiro atoms. The van der Waals surface area contributed by atoms with Gasteiger partial charge in [-0.2, -0.15) is 0 Å². The van der Waals surface area contributed by atoms with Crippen LogP contribution in [0.1, 0.15) is 22.6 Å². The highest BCUT2D eigenvalue weighted by atomic mass is 13.0. The predicted octanol–water partition coefficient (Wildman–Crippen LogP) is 1.91. The number of rotatable bonds is 0. The van der Waals surface area contributed by atoms with E-state index in [9.17, 15) is 0 Å². The van der Waals surface area contributed by atoms with E-state index in [0.717, 1.165) is 0 Å². The van der Waals surface area contributed by atoms with Crippen LogP contribution in [-0.4, -0.2) is 0 Å². The molecule has 5 heavy (non-hydrogen) atoms. The van der Waals surface area contributed by atoms with Crippen molar-refractivity contribution in [1.29, 1.82) is 0 Å². The minimum absolute atomic E-state index is 0. The average Bonchev–Trinajstić information content (AvgIpc) is 1.46. The first kappa shape index (κ1) is 8.82. The van der Waals surface area contributed by atoms with Crippen molar-refractivity contribution in [1.82, 2.24) is 0 Å². The topological polar surface area (TPSA) is 0 Å². The van der Waals surface area contributed by atoms with Crippen LogP contribution in [0, 0.1) is 12.8 Å². The fraction of sp³-hybridized carbons (Fsp3) is 0.600. The maximum Gasteiger partial charge on any atom is 0.124 e. The van der Waals surface area contributed by atoms with Crippen LogP contribution in [0.4, 0.5) is 0 Å². The highest BCUT2D eigenvalue weighted by Gasteiger charge is 0.932. The smallest absolute Gasteiger partial charge is 0.124 e. The molecule has 0 aliphatic carbocycles. The monoisotopic (exact) mass is 73.1 g/mol. The van der Waals surface area contributed by atoms with Gasteiger partial charge in [-0.15, -0.1) is 12.8 Å². The second-order valence-electron chi connectivity index (χ2n) is 0. The molecule has 0 radical (unpaired) electrons. The Labute approximate surface area is 36.6 Å². The Bertz CT molecular complexity index is 25.4. The van der Waals surface area contributed by atoms with E-state index in [2.05, 4.69) is 6.42 Å². The second-order valence-corrected chi connectivity index (χ2v) is 0. The van der Waals surface area contributed by atoms with Crippen molar-refractivity contribution >= 4 is 0 Å². The average molecular weight is 73.2 g/mol. The van der Waals surface area contributed by atoms with Gasteiger partial charge in [-0.25, -0.2) is 0 Å². The Morgan fingerprint density at radius 2 is 1.60 bits per heavy atom. The summed E-state index contributed by atoms with van der Waals surface area (Å²) < 4.78 is 5.74. The summed E-state index contributed by atoms with van der Waals surface area (Å²) in [4.78, 5) is 0. The molecular weight excluding hydrogens is 60.1 g/mol. The van der Waals surface area contributed by atoms with E-state index in [1.54, 1.807) is 0 Å². The minimum Gasteiger partial charge on any atom is -0.124 e. The zero-order valence-electron chi connectivity index (χ0n) is 4.08. The van der Waals surface area contributed by atoms with Crippen LogP contribution in [0.5, 0.6) is 0 Å². The number of terminal acetylenes is 1. The Morgan fingerprint density at radius 1 is 1.60 bits per heavy atom. The van der Waals surface area contributed by atoms with Gasteiger partial charge in [0.1, 0.15) is 1.37 Å². The van der Waals surface area contributed by atoms with Gasteiger partial charge in [0, 0.05) is 0 Å². The van der Waals surface area contributed by atoms with E-state index in [1.807, 2.05) is 13.8 Å². The van der Waals surface area contributed by atoms with Crippen molar-refractivity contribution in [2.45, 2.75) is 21.3 Å². The molecule has 0 nitrogen and oxygen atoms in total. The lowest BCUT2D eigenvalue weighted by molar-refractivity contribution is 1.50. The molecule has 0 fully saturated rings. The van der Waals surface area contributed by atoms with E-state index in [1.165, 1.54) is 6.40 Å². The summed E-state index contributed by atoms with van der Waals surface area (Å²) in [5.74, 6) is 0. The van der Waals surface area contributed by atoms with Gasteiger partial charge in [-0.3, -0.25) is 0 Å². The zero-order valence-corrected chi connectivity index (χ0v) is 3.08. The molecule has 0 bridgehead atoms. The quantitative estimate of drug-likeness (QED) is 0.384. The van der Waals surface area contributed by atoms with Crippen LogP contribution in [-0.2, 0) is 0 Å². The van der Waals surface area contributed by atoms with Crippen LogP contribution in [0.2, 0.25) is 0 Å². The molecule has 0 amide bonds. The van der Waals surface area contributed by atoms with Gasteiger partial charge in [0.2, 0.25) is 0 Å². The third kappa shape index (κ3) is 44.8. The van der Waals surface area contributed by atoms with Crippen LogP contribution >= 0.6 is 0 Å². The molecule has 0 heterocycles. The van der Waals surface area contributed by atoms with Crippen LogP contribution in [0.3, 0.4) is 0 Å². The Balaban J connectivity index is -0.0000000275. The van der Waals surface area contributed by atoms with E-state index in [-0.39, 0.29) is 7.43 Å². The fourth-order valence-corrected chi connectivity index (χ4v) is 0. The Kier molecular flexibility index (Phi) is 213. The third-order valence-electron chi connectivity index (χ3n) is 0. The molecule has 0 N–H and O–H groups in total. The van der Waals surface area contributed by atoms with Crippen molar-refractivity contribution in [2.75, 3.05) is 0 Å². The molecule has 0 atom stereocenters. The molecule has 0 heteroatoms. The highest BCUT2D eigenvalue weighted by Crippen LogP contribution is 1.14. The van der Waals surface area contributed by atoms with Crippen molar-refractivity contribution in [2.24, 2.45) is 0 Å². The van der Waals surface area contributed by atoms with Crippen LogP contribution < -0.4 is 0 Å². The van der Waals surface area contributed by atoms with Crippen LogP contribution in [0.25, 0.3) is 0 Å². The molecule has 32 valence electrons. The maximum absolute atomic E-state index is 5.74. The largest absolute Gasteiger partial charge is 0.124 e. The van der Waals surface area contributed by atoms with Gasteiger partial charge < -0.3 is 0 Å². The Hall–Kier alpha value is -0.440. The summed E-state index contributed by atoms with van der Waals surface area (Å²) in [5.41, 5.74) is 0. The third-order valence-corrected chi connectivity index (χ3v) is 0. The summed E-state index contributed by atoms with van der Waals surface area (Å²) in [6.45, 7) is 4.00. The van der Waals surface area contributed by atoms with Gasteiger partial charge in [0.15, 0.2) is 0 Å². The van der Waals surface area contributed by atoms with Crippen molar-refractivity contribution in [3.8, 4) is 12.8 Å². The number of hydrogen-bond donors (Lipinski definition) is 0. The fourth-order valence-electron chi connectivity index (χ4n) is 0. The SMILES string of the molecule is C.CC.[2H]C#C. The minimum atomic E-state index is 0. The molecule has 0 saturated heterocycles. The molecule has 0 aliphatic heterocycles. The zero-order chi connectivity index (χ0) is 4.71. The first-order valence-corrected chi connectivity index (χ1v) is 1.29. The molecule has 0 unspecified atom stereocenters. The summed E-state index contributed by atoms with van der Waals surface area (Å²) in [6, 6.07) is 0.